The molecule has 21 heavy (non-hydrogen) atoms. The minimum Gasteiger partial charge on any atom is -0.399 e. The summed E-state index contributed by atoms with van der Waals surface area (Å²) in [7, 11) is 3.47. The molecule has 5 heteroatoms. The number of nitrogens with zero attached hydrogens (tertiary/aromatic N) is 2. The zero-order chi connectivity index (χ0) is 15.8. The third-order valence-electron chi connectivity index (χ3n) is 3.79. The number of hydrogen-bond donors (Lipinski definition) is 1. The van der Waals surface area contributed by atoms with Crippen LogP contribution in [0.4, 0.5) is 11.4 Å². The molecule has 0 bridgehead atoms. The largest absolute Gasteiger partial charge is 0.399 e. The molecule has 5 nitrogen and oxygen atoms in total. The number of hydrogen-bond acceptors (Lipinski definition) is 4. The van der Waals surface area contributed by atoms with E-state index >= 15 is 0 Å². The van der Waals surface area contributed by atoms with Gasteiger partial charge < -0.3 is 15.4 Å². The monoisotopic (exact) mass is 293 g/mol. The number of likely N-dealkylation sites (N-methyl/N-ethyl adjacent to an activating group) is 1. The highest BCUT2D eigenvalue weighted by Gasteiger charge is 2.19. The van der Waals surface area contributed by atoms with Gasteiger partial charge in [-0.1, -0.05) is 6.92 Å². The first-order chi connectivity index (χ1) is 9.99. The average Bonchev–Trinajstić information content (AvgIpc) is 2.50. The second kappa shape index (κ2) is 8.64. The van der Waals surface area contributed by atoms with Crippen molar-refractivity contribution in [3.05, 3.63) is 24.3 Å². The molecule has 0 aliphatic rings. The van der Waals surface area contributed by atoms with E-state index in [1.54, 1.807) is 31.2 Å². The second-order valence-corrected chi connectivity index (χ2v) is 5.26. The zero-order valence-corrected chi connectivity index (χ0v) is 13.5. The maximum Gasteiger partial charge on any atom is 0.240 e. The van der Waals surface area contributed by atoms with E-state index in [4.69, 9.17) is 10.5 Å². The molecule has 0 heterocycles. The van der Waals surface area contributed by atoms with Gasteiger partial charge in [0.1, 0.15) is 0 Å². The van der Waals surface area contributed by atoms with E-state index in [9.17, 15) is 4.79 Å². The smallest absolute Gasteiger partial charge is 0.240 e. The molecule has 0 fully saturated rings. The van der Waals surface area contributed by atoms with Crippen molar-refractivity contribution < 1.29 is 9.53 Å². The van der Waals surface area contributed by atoms with Gasteiger partial charge in [0, 0.05) is 38.1 Å². The summed E-state index contributed by atoms with van der Waals surface area (Å²) < 4.78 is 5.13. The van der Waals surface area contributed by atoms with Crippen LogP contribution < -0.4 is 10.6 Å². The Hall–Kier alpha value is -1.59. The highest BCUT2D eigenvalue weighted by Crippen LogP contribution is 2.15. The Labute approximate surface area is 127 Å². The summed E-state index contributed by atoms with van der Waals surface area (Å²) in [6.45, 7) is 6.03. The van der Waals surface area contributed by atoms with E-state index in [0.29, 0.717) is 24.9 Å². The molecule has 0 aliphatic carbocycles. The lowest BCUT2D eigenvalue weighted by atomic mass is 10.2. The van der Waals surface area contributed by atoms with Gasteiger partial charge in [0.25, 0.3) is 0 Å². The van der Waals surface area contributed by atoms with Gasteiger partial charge in [-0.15, -0.1) is 0 Å². The van der Waals surface area contributed by atoms with Crippen LogP contribution in [-0.2, 0) is 9.53 Å². The number of benzene rings is 1. The molecule has 1 amide bonds. The van der Waals surface area contributed by atoms with Crippen LogP contribution in [0.2, 0.25) is 0 Å². The fourth-order valence-electron chi connectivity index (χ4n) is 2.04. The molecule has 1 rings (SSSR count). The average molecular weight is 293 g/mol. The molecular formula is C16H27N3O2. The molecule has 1 aromatic rings. The first kappa shape index (κ1) is 17.5. The second-order valence-electron chi connectivity index (χ2n) is 5.26. The lowest BCUT2D eigenvalue weighted by Gasteiger charge is -2.29. The summed E-state index contributed by atoms with van der Waals surface area (Å²) >= 11 is 0. The Kier molecular flexibility index (Phi) is 7.19. The molecule has 0 radical (unpaired) electrons. The Bertz CT molecular complexity index is 434. The van der Waals surface area contributed by atoms with Crippen molar-refractivity contribution >= 4 is 17.3 Å². The highest BCUT2D eigenvalue weighted by atomic mass is 16.5. The molecule has 1 aromatic carbocycles. The van der Waals surface area contributed by atoms with Gasteiger partial charge in [-0.05, 0) is 37.6 Å². The Morgan fingerprint density at radius 1 is 1.33 bits per heavy atom. The van der Waals surface area contributed by atoms with Crippen LogP contribution in [0.1, 0.15) is 20.3 Å². The first-order valence-corrected chi connectivity index (χ1v) is 7.34. The molecule has 2 N–H and O–H groups in total. The summed E-state index contributed by atoms with van der Waals surface area (Å²) in [5, 5.41) is 0. The van der Waals surface area contributed by atoms with Gasteiger partial charge >= 0.3 is 0 Å². The fourth-order valence-corrected chi connectivity index (χ4v) is 2.04. The van der Waals surface area contributed by atoms with Crippen molar-refractivity contribution in [2.45, 2.75) is 26.3 Å². The van der Waals surface area contributed by atoms with E-state index in [-0.39, 0.29) is 5.91 Å². The minimum atomic E-state index is 0.0659. The van der Waals surface area contributed by atoms with Crippen LogP contribution in [0, 0.1) is 0 Å². The predicted octanol–water partition coefficient (Wildman–Crippen LogP) is 1.98. The van der Waals surface area contributed by atoms with Crippen LogP contribution in [0.15, 0.2) is 24.3 Å². The first-order valence-electron chi connectivity index (χ1n) is 7.34. The number of methoxy groups -OCH3 is 1. The van der Waals surface area contributed by atoms with Gasteiger partial charge in [0.2, 0.25) is 5.91 Å². The van der Waals surface area contributed by atoms with E-state index in [1.807, 2.05) is 12.1 Å². The lowest BCUT2D eigenvalue weighted by Crippen LogP contribution is -2.43. The summed E-state index contributed by atoms with van der Waals surface area (Å²) in [5.74, 6) is 0.0659. The SMILES string of the molecule is CCC(C)N(CCOC)CC(=O)N(C)c1ccc(N)cc1. The third kappa shape index (κ3) is 5.36. The van der Waals surface area contributed by atoms with Gasteiger partial charge in [0.05, 0.1) is 13.2 Å². The number of carbonyl (C=O) groups excluding carboxylic acids is 1. The highest BCUT2D eigenvalue weighted by molar-refractivity contribution is 5.94. The number of nitrogens with two attached hydrogens (primary N) is 1. The lowest BCUT2D eigenvalue weighted by molar-refractivity contribution is -0.120. The van der Waals surface area contributed by atoms with Gasteiger partial charge in [-0.25, -0.2) is 0 Å². The molecule has 0 aromatic heterocycles. The molecule has 0 saturated carbocycles. The molecule has 118 valence electrons. The topological polar surface area (TPSA) is 58.8 Å². The number of carbonyl (C=O) groups is 1. The molecular weight excluding hydrogens is 266 g/mol. The Balaban J connectivity index is 2.69. The Morgan fingerprint density at radius 3 is 2.48 bits per heavy atom. The number of amides is 1. The van der Waals surface area contributed by atoms with Crippen molar-refractivity contribution in [1.82, 2.24) is 4.90 Å². The fraction of sp³-hybridized carbons (Fsp3) is 0.562. The molecule has 0 spiro atoms. The third-order valence-corrected chi connectivity index (χ3v) is 3.79. The van der Waals surface area contributed by atoms with Crippen LogP contribution in [0.25, 0.3) is 0 Å². The van der Waals surface area contributed by atoms with Crippen molar-refractivity contribution in [1.29, 1.82) is 0 Å². The number of ether oxygens (including phenoxy) is 1. The van der Waals surface area contributed by atoms with Crippen LogP contribution in [-0.4, -0.2) is 50.7 Å². The molecule has 1 unspecified atom stereocenters. The van der Waals surface area contributed by atoms with Crippen LogP contribution in [0.3, 0.4) is 0 Å². The maximum absolute atomic E-state index is 12.4. The number of nitrogen functional groups attached to an aromatic ring is 1. The van der Waals surface area contributed by atoms with Gasteiger partial charge in [0.15, 0.2) is 0 Å². The quantitative estimate of drug-likeness (QED) is 0.745. The van der Waals surface area contributed by atoms with Crippen LogP contribution >= 0.6 is 0 Å². The van der Waals surface area contributed by atoms with E-state index in [2.05, 4.69) is 18.7 Å². The number of rotatable bonds is 8. The van der Waals surface area contributed by atoms with Crippen molar-refractivity contribution in [2.24, 2.45) is 0 Å². The minimum absolute atomic E-state index is 0.0659. The van der Waals surface area contributed by atoms with Crippen molar-refractivity contribution in [2.75, 3.05) is 44.5 Å². The number of anilines is 2. The molecule has 0 aliphatic heterocycles. The summed E-state index contributed by atoms with van der Waals surface area (Å²) in [6.07, 6.45) is 1.00. The van der Waals surface area contributed by atoms with Gasteiger partial charge in [-0.3, -0.25) is 9.69 Å². The summed E-state index contributed by atoms with van der Waals surface area (Å²) in [4.78, 5) is 16.3. The van der Waals surface area contributed by atoms with E-state index in [0.717, 1.165) is 18.7 Å². The van der Waals surface area contributed by atoms with Crippen molar-refractivity contribution in [3.63, 3.8) is 0 Å². The summed E-state index contributed by atoms with van der Waals surface area (Å²) in [5.41, 5.74) is 7.22. The van der Waals surface area contributed by atoms with E-state index < -0.39 is 0 Å². The summed E-state index contributed by atoms with van der Waals surface area (Å²) in [6, 6.07) is 7.67. The predicted molar refractivity (Wildman–Crippen MR) is 87.5 cm³/mol. The normalized spacial score (nSPS) is 12.4. The van der Waals surface area contributed by atoms with Crippen molar-refractivity contribution in [3.8, 4) is 0 Å². The maximum atomic E-state index is 12.4. The molecule has 1 atom stereocenters. The Morgan fingerprint density at radius 2 is 1.95 bits per heavy atom. The van der Waals surface area contributed by atoms with E-state index in [1.165, 1.54) is 0 Å². The molecule has 0 saturated heterocycles. The standard InChI is InChI=1S/C16H27N3O2/c1-5-13(2)19(10-11-21-4)12-16(20)18(3)15-8-6-14(17)7-9-15/h6-9,13H,5,10-12,17H2,1-4H3. The zero-order valence-electron chi connectivity index (χ0n) is 13.5. The van der Waals surface area contributed by atoms with Gasteiger partial charge in [-0.2, -0.15) is 0 Å². The van der Waals surface area contributed by atoms with Crippen LogP contribution in [0.5, 0.6) is 0 Å².